The summed E-state index contributed by atoms with van der Waals surface area (Å²) < 4.78 is 11.5. The Morgan fingerprint density at radius 3 is 1.67 bits per heavy atom. The minimum Gasteiger partial charge on any atom is -0.459 e. The van der Waals surface area contributed by atoms with Crippen molar-refractivity contribution in [3.8, 4) is 0 Å². The Labute approximate surface area is 347 Å². The summed E-state index contributed by atoms with van der Waals surface area (Å²) in [5, 5.41) is 4.35. The second kappa shape index (κ2) is 22.5. The highest BCUT2D eigenvalue weighted by Crippen LogP contribution is 2.22. The molecule has 1 heterocycles. The normalized spacial score (nSPS) is 18.1. The molecule has 1 unspecified atom stereocenters. The van der Waals surface area contributed by atoms with Gasteiger partial charge in [-0.25, -0.2) is 0 Å². The number of benzene rings is 1. The number of nitrogens with zero attached hydrogens (tertiary/aromatic N) is 4. The molecule has 0 spiro atoms. The van der Waals surface area contributed by atoms with Crippen LogP contribution < -0.4 is 11.1 Å². The lowest BCUT2D eigenvalue weighted by molar-refractivity contribution is -0.157. The molecule has 1 aliphatic rings. The number of rotatable bonds is 14. The summed E-state index contributed by atoms with van der Waals surface area (Å²) in [7, 11) is 3.99. The first kappa shape index (κ1) is 50.3. The second-order valence-electron chi connectivity index (χ2n) is 20.3. The first-order valence-corrected chi connectivity index (χ1v) is 21.2. The molecule has 1 saturated heterocycles. The van der Waals surface area contributed by atoms with Crippen LogP contribution in [0.2, 0.25) is 0 Å². The average molecular weight is 817 g/mol. The summed E-state index contributed by atoms with van der Waals surface area (Å²) in [6.45, 7) is 29.4. The predicted molar refractivity (Wildman–Crippen MR) is 235 cm³/mol. The predicted octanol–water partition coefficient (Wildman–Crippen LogP) is 5.35. The molecule has 1 aromatic carbocycles. The summed E-state index contributed by atoms with van der Waals surface area (Å²) in [5.74, 6) is -0.559. The molecular formula is C44H77N6O6P. The van der Waals surface area contributed by atoms with Gasteiger partial charge in [0.15, 0.2) is 0 Å². The molecular weight excluding hydrogens is 739 g/mol. The van der Waals surface area contributed by atoms with Gasteiger partial charge in [0.1, 0.15) is 17.0 Å². The molecule has 13 heteroatoms. The number of hydrogen-bond acceptors (Lipinski definition) is 11. The number of nitrogens with one attached hydrogen (secondary N) is 1. The van der Waals surface area contributed by atoms with E-state index in [1.165, 1.54) is 0 Å². The maximum atomic E-state index is 13.6. The molecule has 3 N–H and O–H groups in total. The monoisotopic (exact) mass is 817 g/mol. The number of hydrogen-bond donors (Lipinski definition) is 2. The number of esters is 2. The fourth-order valence-corrected chi connectivity index (χ4v) is 7.64. The number of nitrogen functional groups attached to an aromatic ring is 1. The fraction of sp³-hybridized carbons (Fsp3) is 0.750. The fourth-order valence-electron chi connectivity index (χ4n) is 6.91. The molecule has 0 bridgehead atoms. The largest absolute Gasteiger partial charge is 0.459 e. The van der Waals surface area contributed by atoms with Crippen LogP contribution in [0.15, 0.2) is 24.3 Å². The third-order valence-electron chi connectivity index (χ3n) is 9.06. The minimum absolute atomic E-state index is 0.0378. The molecule has 57 heavy (non-hydrogen) atoms. The van der Waals surface area contributed by atoms with Crippen molar-refractivity contribution in [2.75, 3.05) is 84.3 Å². The summed E-state index contributed by atoms with van der Waals surface area (Å²) in [4.78, 5) is 62.3. The first-order chi connectivity index (χ1) is 26.1. The molecule has 1 fully saturated rings. The molecule has 324 valence electrons. The number of amides is 1. The van der Waals surface area contributed by atoms with Gasteiger partial charge in [-0.1, -0.05) is 53.7 Å². The lowest BCUT2D eigenvalue weighted by Gasteiger charge is -2.38. The van der Waals surface area contributed by atoms with Crippen LogP contribution in [0.1, 0.15) is 108 Å². The van der Waals surface area contributed by atoms with Crippen LogP contribution in [-0.2, 0) is 35.1 Å². The third-order valence-corrected chi connectivity index (χ3v) is 9.39. The van der Waals surface area contributed by atoms with Gasteiger partial charge in [-0.05, 0) is 88.2 Å². The molecule has 1 atom stereocenters. The van der Waals surface area contributed by atoms with E-state index in [1.54, 1.807) is 12.1 Å². The molecule has 0 saturated carbocycles. The van der Waals surface area contributed by atoms with E-state index in [-0.39, 0.29) is 66.6 Å². The van der Waals surface area contributed by atoms with E-state index in [4.69, 9.17) is 15.2 Å². The zero-order valence-electron chi connectivity index (χ0n) is 37.5. The molecule has 0 aliphatic carbocycles. The van der Waals surface area contributed by atoms with Crippen molar-refractivity contribution in [3.05, 3.63) is 29.8 Å². The molecule has 0 radical (unpaired) electrons. The number of carbonyl (C=O) groups excluding carboxylic acids is 4. The molecule has 1 aliphatic heterocycles. The zero-order valence-corrected chi connectivity index (χ0v) is 38.5. The Morgan fingerprint density at radius 2 is 1.18 bits per heavy atom. The van der Waals surface area contributed by atoms with Crippen LogP contribution in [0, 0.1) is 10.8 Å². The highest BCUT2D eigenvalue weighted by atomic mass is 31.0. The van der Waals surface area contributed by atoms with E-state index in [0.717, 1.165) is 17.3 Å². The standard InChI is InChI=1S/C44H77N6O6P/c1-41(2,3)25-36(51)29-49-21-20-47(31-39(53)55-43(7,8)9)18-13-19-48(32-40(54)56-44(10,11)12)22-23-50(30-37(57)26-42(4,5)6)35(28-49)27-46-38(52)24-33-14-16-34(45)17-15-33/h14-17,35,57H,13,18-32,45H2,1-12H3,(H,46,52). The van der Waals surface area contributed by atoms with Crippen LogP contribution in [0.3, 0.4) is 0 Å². The van der Waals surface area contributed by atoms with Gasteiger partial charge in [0.25, 0.3) is 0 Å². The van der Waals surface area contributed by atoms with Crippen molar-refractivity contribution in [1.29, 1.82) is 0 Å². The Bertz CT molecular complexity index is 1460. The highest BCUT2D eigenvalue weighted by molar-refractivity contribution is 7.21. The van der Waals surface area contributed by atoms with Gasteiger partial charge in [-0.2, -0.15) is 0 Å². The molecule has 2 rings (SSSR count). The van der Waals surface area contributed by atoms with Gasteiger partial charge < -0.3 is 20.5 Å². The number of Topliss-reactive ketones (excluding diaryl/α,β-unsaturated/α-hetero) is 1. The van der Waals surface area contributed by atoms with E-state index in [1.807, 2.05) is 53.7 Å². The van der Waals surface area contributed by atoms with E-state index in [2.05, 4.69) is 75.3 Å². The number of nitrogens with two attached hydrogens (primary N) is 1. The highest BCUT2D eigenvalue weighted by Gasteiger charge is 2.29. The van der Waals surface area contributed by atoms with E-state index < -0.39 is 11.2 Å². The second-order valence-corrected chi connectivity index (χ2v) is 21.0. The van der Waals surface area contributed by atoms with Crippen molar-refractivity contribution in [1.82, 2.24) is 24.9 Å². The molecule has 12 nitrogen and oxygen atoms in total. The van der Waals surface area contributed by atoms with Crippen molar-refractivity contribution < 1.29 is 28.7 Å². The minimum atomic E-state index is -0.621. The van der Waals surface area contributed by atoms with Crippen molar-refractivity contribution in [2.45, 2.75) is 126 Å². The number of anilines is 1. The maximum Gasteiger partial charge on any atom is 0.320 e. The van der Waals surface area contributed by atoms with Crippen molar-refractivity contribution in [3.63, 3.8) is 0 Å². The van der Waals surface area contributed by atoms with Gasteiger partial charge in [0.05, 0.1) is 26.1 Å². The van der Waals surface area contributed by atoms with Gasteiger partial charge in [-0.3, -0.25) is 38.8 Å². The van der Waals surface area contributed by atoms with Crippen LogP contribution in [0.4, 0.5) is 5.69 Å². The van der Waals surface area contributed by atoms with Crippen molar-refractivity contribution >= 4 is 43.5 Å². The van der Waals surface area contributed by atoms with Gasteiger partial charge in [0.2, 0.25) is 5.91 Å². The van der Waals surface area contributed by atoms with Gasteiger partial charge >= 0.3 is 11.9 Å². The topological polar surface area (TPSA) is 138 Å². The lowest BCUT2D eigenvalue weighted by Crippen LogP contribution is -2.54. The van der Waals surface area contributed by atoms with Crippen LogP contribution >= 0.6 is 8.86 Å². The SMILES string of the molecule is CC(C)(C)CC(=O)CN1CCN(CC(=O)OC(C)(C)C)CCCN(CC(=O)OC(C)(C)C)CCN(CC(=P)CC(C)(C)C)C(CNC(=O)Cc2ccc(N)cc2)C1. The first-order valence-electron chi connectivity index (χ1n) is 20.7. The Kier molecular flexibility index (Phi) is 19.8. The lowest BCUT2D eigenvalue weighted by atomic mass is 9.90. The van der Waals surface area contributed by atoms with Gasteiger partial charge in [0, 0.05) is 77.1 Å². The Hall–Kier alpha value is -2.89. The molecule has 1 amide bonds. The maximum absolute atomic E-state index is 13.6. The summed E-state index contributed by atoms with van der Waals surface area (Å²) in [6.07, 6.45) is 2.19. The van der Waals surface area contributed by atoms with E-state index in [0.29, 0.717) is 77.4 Å². The van der Waals surface area contributed by atoms with E-state index in [9.17, 15) is 19.2 Å². The van der Waals surface area contributed by atoms with Crippen molar-refractivity contribution in [2.24, 2.45) is 10.8 Å². The number of carbonyl (C=O) groups is 4. The Balaban J connectivity index is 2.58. The zero-order chi connectivity index (χ0) is 43.2. The summed E-state index contributed by atoms with van der Waals surface area (Å²) >= 11 is 0. The summed E-state index contributed by atoms with van der Waals surface area (Å²) in [6, 6.07) is 7.12. The van der Waals surface area contributed by atoms with Crippen LogP contribution in [0.25, 0.3) is 0 Å². The van der Waals surface area contributed by atoms with Crippen LogP contribution in [-0.4, -0.2) is 144 Å². The average Bonchev–Trinajstić information content (AvgIpc) is 3.01. The van der Waals surface area contributed by atoms with Crippen LogP contribution in [0.5, 0.6) is 0 Å². The number of ketones is 1. The quantitative estimate of drug-likeness (QED) is 0.143. The molecule has 0 aromatic heterocycles. The Morgan fingerprint density at radius 1 is 0.684 bits per heavy atom. The number of ether oxygens (including phenoxy) is 2. The third kappa shape index (κ3) is 23.9. The smallest absolute Gasteiger partial charge is 0.320 e. The van der Waals surface area contributed by atoms with E-state index >= 15 is 0 Å². The van der Waals surface area contributed by atoms with Gasteiger partial charge in [-0.15, -0.1) is 8.86 Å². The molecule has 1 aromatic rings. The summed E-state index contributed by atoms with van der Waals surface area (Å²) in [5.41, 5.74) is 6.03.